The number of carbonyl (C=O) groups excluding carboxylic acids is 2. The maximum Gasteiger partial charge on any atom is 0.325 e. The van der Waals surface area contributed by atoms with Crippen LogP contribution in [0.3, 0.4) is 0 Å². The fourth-order valence-electron chi connectivity index (χ4n) is 3.40. The number of anilines is 2. The lowest BCUT2D eigenvalue weighted by molar-refractivity contribution is -0.121. The molecule has 3 amide bonds. The van der Waals surface area contributed by atoms with Crippen molar-refractivity contribution in [1.29, 1.82) is 0 Å². The molecule has 3 N–H and O–H groups in total. The minimum atomic E-state index is -0.411. The molecule has 8 heteroatoms. The van der Waals surface area contributed by atoms with Gasteiger partial charge < -0.3 is 15.4 Å². The highest BCUT2D eigenvalue weighted by molar-refractivity contribution is 7.14. The zero-order valence-electron chi connectivity index (χ0n) is 16.2. The van der Waals surface area contributed by atoms with Crippen molar-refractivity contribution in [3.8, 4) is 5.75 Å². The first-order valence-electron chi connectivity index (χ1n) is 9.50. The number of urea groups is 1. The molecule has 0 bridgehead atoms. The smallest absolute Gasteiger partial charge is 0.325 e. The zero-order valence-corrected chi connectivity index (χ0v) is 17.0. The summed E-state index contributed by atoms with van der Waals surface area (Å²) in [6.45, 7) is 2.19. The molecule has 0 spiro atoms. The Morgan fingerprint density at radius 2 is 2.00 bits per heavy atom. The lowest BCUT2D eigenvalue weighted by Gasteiger charge is -2.29. The van der Waals surface area contributed by atoms with E-state index in [1.54, 1.807) is 24.6 Å². The number of methoxy groups -OCH3 is 1. The van der Waals surface area contributed by atoms with Crippen LogP contribution in [0.4, 0.5) is 15.6 Å². The summed E-state index contributed by atoms with van der Waals surface area (Å²) in [5.41, 5.74) is 1.22. The molecule has 1 heterocycles. The van der Waals surface area contributed by atoms with Gasteiger partial charge in [0.2, 0.25) is 5.91 Å². The number of thiazole rings is 1. The number of benzene rings is 1. The number of aromatic nitrogens is 1. The van der Waals surface area contributed by atoms with Gasteiger partial charge in [-0.25, -0.2) is 9.78 Å². The Bertz CT molecular complexity index is 823. The minimum absolute atomic E-state index is 0.0194. The molecule has 1 saturated carbocycles. The van der Waals surface area contributed by atoms with Crippen LogP contribution in [0.1, 0.15) is 38.3 Å². The van der Waals surface area contributed by atoms with E-state index in [1.165, 1.54) is 24.2 Å². The topological polar surface area (TPSA) is 92.3 Å². The lowest BCUT2D eigenvalue weighted by Crippen LogP contribution is -2.41. The van der Waals surface area contributed by atoms with E-state index in [1.807, 2.05) is 12.1 Å². The van der Waals surface area contributed by atoms with E-state index in [0.29, 0.717) is 28.2 Å². The third kappa shape index (κ3) is 5.45. The average Bonchev–Trinajstić information content (AvgIpc) is 3.10. The Morgan fingerprint density at radius 1 is 1.21 bits per heavy atom. The van der Waals surface area contributed by atoms with Gasteiger partial charge in [-0.2, -0.15) is 0 Å². The summed E-state index contributed by atoms with van der Waals surface area (Å²) in [6.07, 6.45) is 4.83. The van der Waals surface area contributed by atoms with Gasteiger partial charge in [-0.1, -0.05) is 31.9 Å². The van der Waals surface area contributed by atoms with Crippen LogP contribution in [0.5, 0.6) is 5.75 Å². The van der Waals surface area contributed by atoms with Crippen molar-refractivity contribution in [3.63, 3.8) is 0 Å². The van der Waals surface area contributed by atoms with Crippen LogP contribution in [-0.4, -0.2) is 30.1 Å². The zero-order chi connectivity index (χ0) is 19.9. The van der Waals surface area contributed by atoms with E-state index < -0.39 is 6.03 Å². The summed E-state index contributed by atoms with van der Waals surface area (Å²) in [7, 11) is 1.55. The predicted octanol–water partition coefficient (Wildman–Crippen LogP) is 4.03. The third-order valence-electron chi connectivity index (χ3n) is 4.93. The van der Waals surface area contributed by atoms with Gasteiger partial charge in [0.05, 0.1) is 24.9 Å². The summed E-state index contributed by atoms with van der Waals surface area (Å²) in [5, 5.41) is 10.8. The Kier molecular flexibility index (Phi) is 6.86. The summed E-state index contributed by atoms with van der Waals surface area (Å²) in [6, 6.07) is 7.00. The Labute approximate surface area is 168 Å². The highest BCUT2D eigenvalue weighted by Gasteiger charge is 2.23. The SMILES string of the molecule is COc1ccccc1NC(=O)Nc1nc(CC(=O)NC2CCCCC2C)cs1. The van der Waals surface area contributed by atoms with Gasteiger partial charge in [0.1, 0.15) is 5.75 Å². The largest absolute Gasteiger partial charge is 0.495 e. The van der Waals surface area contributed by atoms with Gasteiger partial charge in [-0.05, 0) is 30.9 Å². The van der Waals surface area contributed by atoms with E-state index in [0.717, 1.165) is 12.8 Å². The molecule has 2 atom stereocenters. The second-order valence-corrected chi connectivity index (χ2v) is 7.89. The number of hydrogen-bond donors (Lipinski definition) is 3. The Morgan fingerprint density at radius 3 is 2.79 bits per heavy atom. The number of para-hydroxylation sites is 2. The first-order chi connectivity index (χ1) is 13.5. The first-order valence-corrected chi connectivity index (χ1v) is 10.4. The van der Waals surface area contributed by atoms with Crippen LogP contribution in [0.25, 0.3) is 0 Å². The summed E-state index contributed by atoms with van der Waals surface area (Å²) >= 11 is 1.29. The average molecular weight is 403 g/mol. The van der Waals surface area contributed by atoms with Crippen LogP contribution in [0.2, 0.25) is 0 Å². The van der Waals surface area contributed by atoms with Gasteiger partial charge in [-0.15, -0.1) is 11.3 Å². The number of nitrogens with zero attached hydrogens (tertiary/aromatic N) is 1. The van der Waals surface area contributed by atoms with Crippen molar-refractivity contribution in [1.82, 2.24) is 10.3 Å². The minimum Gasteiger partial charge on any atom is -0.495 e. The molecular formula is C20H26N4O3S. The number of ether oxygens (including phenoxy) is 1. The third-order valence-corrected chi connectivity index (χ3v) is 5.73. The molecule has 1 aliphatic rings. The second kappa shape index (κ2) is 9.54. The van der Waals surface area contributed by atoms with E-state index >= 15 is 0 Å². The van der Waals surface area contributed by atoms with E-state index in [9.17, 15) is 9.59 Å². The van der Waals surface area contributed by atoms with Gasteiger partial charge in [-0.3, -0.25) is 10.1 Å². The number of nitrogens with one attached hydrogen (secondary N) is 3. The molecule has 1 aromatic heterocycles. The summed E-state index contributed by atoms with van der Waals surface area (Å²) in [4.78, 5) is 28.8. The quantitative estimate of drug-likeness (QED) is 0.680. The van der Waals surface area contributed by atoms with Gasteiger partial charge >= 0.3 is 6.03 Å². The molecule has 2 aromatic rings. The molecule has 150 valence electrons. The monoisotopic (exact) mass is 402 g/mol. The molecule has 1 aliphatic carbocycles. The van der Waals surface area contributed by atoms with Crippen molar-refractivity contribution in [2.45, 2.75) is 45.1 Å². The van der Waals surface area contributed by atoms with Crippen LogP contribution < -0.4 is 20.7 Å². The van der Waals surface area contributed by atoms with Crippen molar-refractivity contribution in [2.75, 3.05) is 17.7 Å². The molecule has 0 aliphatic heterocycles. The first kappa shape index (κ1) is 20.1. The maximum absolute atomic E-state index is 12.3. The molecule has 7 nitrogen and oxygen atoms in total. The molecule has 28 heavy (non-hydrogen) atoms. The fourth-order valence-corrected chi connectivity index (χ4v) is 4.10. The highest BCUT2D eigenvalue weighted by Crippen LogP contribution is 2.25. The number of hydrogen-bond acceptors (Lipinski definition) is 5. The normalized spacial score (nSPS) is 18.9. The molecule has 0 radical (unpaired) electrons. The molecule has 1 aromatic carbocycles. The molecule has 2 unspecified atom stereocenters. The maximum atomic E-state index is 12.3. The molecule has 0 saturated heterocycles. The van der Waals surface area contributed by atoms with Crippen molar-refractivity contribution in [2.24, 2.45) is 5.92 Å². The van der Waals surface area contributed by atoms with E-state index in [4.69, 9.17) is 4.74 Å². The molecule has 1 fully saturated rings. The summed E-state index contributed by atoms with van der Waals surface area (Å²) in [5.74, 6) is 1.07. The van der Waals surface area contributed by atoms with Crippen molar-refractivity contribution in [3.05, 3.63) is 35.3 Å². The highest BCUT2D eigenvalue weighted by atomic mass is 32.1. The van der Waals surface area contributed by atoms with Gasteiger partial charge in [0.25, 0.3) is 0 Å². The number of rotatable bonds is 6. The van der Waals surface area contributed by atoms with Crippen LogP contribution >= 0.6 is 11.3 Å². The van der Waals surface area contributed by atoms with Crippen LogP contribution in [0.15, 0.2) is 29.6 Å². The van der Waals surface area contributed by atoms with Crippen LogP contribution in [0, 0.1) is 5.92 Å². The Hall–Kier alpha value is -2.61. The molecular weight excluding hydrogens is 376 g/mol. The number of amides is 3. The lowest BCUT2D eigenvalue weighted by atomic mass is 9.86. The number of carbonyl (C=O) groups is 2. The fraction of sp³-hybridized carbons (Fsp3) is 0.450. The van der Waals surface area contributed by atoms with Gasteiger partial charge in [0, 0.05) is 11.4 Å². The van der Waals surface area contributed by atoms with Gasteiger partial charge in [0.15, 0.2) is 5.13 Å². The second-order valence-electron chi connectivity index (χ2n) is 7.04. The van der Waals surface area contributed by atoms with Crippen molar-refractivity contribution >= 4 is 34.1 Å². The molecule has 3 rings (SSSR count). The summed E-state index contributed by atoms with van der Waals surface area (Å²) < 4.78 is 5.21. The predicted molar refractivity (Wildman–Crippen MR) is 111 cm³/mol. The van der Waals surface area contributed by atoms with Crippen LogP contribution in [-0.2, 0) is 11.2 Å². The Balaban J connectivity index is 1.50. The van der Waals surface area contributed by atoms with Crippen molar-refractivity contribution < 1.29 is 14.3 Å². The van der Waals surface area contributed by atoms with E-state index in [2.05, 4.69) is 27.9 Å². The van der Waals surface area contributed by atoms with E-state index in [-0.39, 0.29) is 18.4 Å². The standard InChI is InChI=1S/C20H26N4O3S/c1-13-7-3-4-8-15(13)22-18(25)11-14-12-28-20(21-14)24-19(26)23-16-9-5-6-10-17(16)27-2/h5-6,9-10,12-13,15H,3-4,7-8,11H2,1-2H3,(H,22,25)(H2,21,23,24,26).